The van der Waals surface area contributed by atoms with Crippen LogP contribution in [0.15, 0.2) is 0 Å². The van der Waals surface area contributed by atoms with Gasteiger partial charge in [0.25, 0.3) is 0 Å². The van der Waals surface area contributed by atoms with Gasteiger partial charge in [-0.3, -0.25) is 19.2 Å². The van der Waals surface area contributed by atoms with Gasteiger partial charge in [0.2, 0.25) is 17.7 Å². The Hall–Kier alpha value is -2.69. The number of nitrogens with one attached hydrogen (secondary N) is 3. The van der Waals surface area contributed by atoms with Crippen LogP contribution in [0.2, 0.25) is 0 Å². The van der Waals surface area contributed by atoms with Crippen LogP contribution in [0.5, 0.6) is 0 Å². The van der Waals surface area contributed by atoms with Gasteiger partial charge in [0.1, 0.15) is 18.1 Å². The Kier molecular flexibility index (Phi) is 9.89. The van der Waals surface area contributed by atoms with Crippen LogP contribution in [0.25, 0.3) is 0 Å². The molecule has 0 aliphatic rings. The summed E-state index contributed by atoms with van der Waals surface area (Å²) in [5.74, 6) is -5.16. The van der Waals surface area contributed by atoms with Gasteiger partial charge in [-0.2, -0.15) is 0 Å². The Bertz CT molecular complexity index is 552. The van der Waals surface area contributed by atoms with Gasteiger partial charge in [0.15, 0.2) is 0 Å². The van der Waals surface area contributed by atoms with Crippen molar-refractivity contribution in [3.8, 4) is 0 Å². The SMILES string of the molecule is CCC(C)C(NC(=O)CN)C(=O)NC(C)C(=O)NC(CC(=O)O)C(=O)O. The van der Waals surface area contributed by atoms with Crippen molar-refractivity contribution in [1.29, 1.82) is 0 Å². The highest BCUT2D eigenvalue weighted by atomic mass is 16.4. The average molecular weight is 374 g/mol. The molecule has 0 aromatic rings. The van der Waals surface area contributed by atoms with E-state index in [2.05, 4.69) is 10.6 Å². The van der Waals surface area contributed by atoms with E-state index in [1.54, 1.807) is 6.92 Å². The molecule has 0 heterocycles. The lowest BCUT2D eigenvalue weighted by molar-refractivity contribution is -0.147. The van der Waals surface area contributed by atoms with Crippen molar-refractivity contribution < 1.29 is 34.2 Å². The summed E-state index contributed by atoms with van der Waals surface area (Å²) in [6, 6.07) is -3.68. The van der Waals surface area contributed by atoms with Crippen molar-refractivity contribution in [1.82, 2.24) is 16.0 Å². The monoisotopic (exact) mass is 374 g/mol. The van der Waals surface area contributed by atoms with Crippen LogP contribution < -0.4 is 21.7 Å². The van der Waals surface area contributed by atoms with Crippen LogP contribution in [0.3, 0.4) is 0 Å². The molecule has 0 rings (SSSR count). The number of amides is 3. The predicted octanol–water partition coefficient (Wildman–Crippen LogP) is -1.98. The topological polar surface area (TPSA) is 188 Å². The highest BCUT2D eigenvalue weighted by Crippen LogP contribution is 2.08. The highest BCUT2D eigenvalue weighted by molar-refractivity contribution is 5.94. The molecular weight excluding hydrogens is 348 g/mol. The third kappa shape index (κ3) is 7.92. The normalized spacial score (nSPS) is 15.1. The van der Waals surface area contributed by atoms with Crippen molar-refractivity contribution in [2.45, 2.75) is 51.7 Å². The molecule has 0 bridgehead atoms. The lowest BCUT2D eigenvalue weighted by Crippen LogP contribution is -2.57. The largest absolute Gasteiger partial charge is 0.481 e. The first kappa shape index (κ1) is 23.3. The molecule has 0 spiro atoms. The Morgan fingerprint density at radius 1 is 0.962 bits per heavy atom. The Morgan fingerprint density at radius 2 is 1.54 bits per heavy atom. The van der Waals surface area contributed by atoms with Gasteiger partial charge in [-0.25, -0.2) is 4.79 Å². The fraction of sp³-hybridized carbons (Fsp3) is 0.667. The average Bonchev–Trinajstić information content (AvgIpc) is 2.57. The number of carboxylic acid groups (broad SMARTS) is 2. The molecule has 148 valence electrons. The van der Waals surface area contributed by atoms with Crippen molar-refractivity contribution in [2.24, 2.45) is 11.7 Å². The van der Waals surface area contributed by atoms with Gasteiger partial charge in [0, 0.05) is 0 Å². The van der Waals surface area contributed by atoms with Gasteiger partial charge in [-0.1, -0.05) is 20.3 Å². The molecule has 0 aliphatic carbocycles. The lowest BCUT2D eigenvalue weighted by Gasteiger charge is -2.25. The first-order valence-electron chi connectivity index (χ1n) is 8.08. The number of carboxylic acids is 2. The maximum atomic E-state index is 12.4. The van der Waals surface area contributed by atoms with E-state index in [4.69, 9.17) is 15.9 Å². The van der Waals surface area contributed by atoms with Gasteiger partial charge in [-0.05, 0) is 12.8 Å². The summed E-state index contributed by atoms with van der Waals surface area (Å²) in [4.78, 5) is 57.5. The molecule has 0 aromatic carbocycles. The van der Waals surface area contributed by atoms with E-state index in [0.29, 0.717) is 6.42 Å². The maximum absolute atomic E-state index is 12.4. The van der Waals surface area contributed by atoms with Crippen molar-refractivity contribution in [3.63, 3.8) is 0 Å². The first-order valence-corrected chi connectivity index (χ1v) is 8.08. The second kappa shape index (κ2) is 11.0. The molecule has 7 N–H and O–H groups in total. The highest BCUT2D eigenvalue weighted by Gasteiger charge is 2.30. The van der Waals surface area contributed by atoms with E-state index >= 15 is 0 Å². The summed E-state index contributed by atoms with van der Waals surface area (Å²) in [6.07, 6.45) is -0.229. The number of carbonyl (C=O) groups is 5. The molecule has 0 aromatic heterocycles. The summed E-state index contributed by atoms with van der Waals surface area (Å²) in [5.41, 5.74) is 5.22. The molecule has 0 saturated heterocycles. The number of hydrogen-bond donors (Lipinski definition) is 6. The van der Waals surface area contributed by atoms with Crippen LogP contribution in [0.1, 0.15) is 33.6 Å². The minimum atomic E-state index is -1.62. The summed E-state index contributed by atoms with van der Waals surface area (Å²) in [7, 11) is 0. The van der Waals surface area contributed by atoms with Crippen LogP contribution >= 0.6 is 0 Å². The smallest absolute Gasteiger partial charge is 0.326 e. The summed E-state index contributed by atoms with van der Waals surface area (Å²) >= 11 is 0. The second-order valence-corrected chi connectivity index (χ2v) is 5.86. The minimum Gasteiger partial charge on any atom is -0.481 e. The zero-order valence-corrected chi connectivity index (χ0v) is 14.9. The second-order valence-electron chi connectivity index (χ2n) is 5.86. The number of hydrogen-bond acceptors (Lipinski definition) is 6. The first-order chi connectivity index (χ1) is 12.0. The van der Waals surface area contributed by atoms with Crippen LogP contribution in [-0.4, -0.2) is 64.5 Å². The molecular formula is C15H26N4O7. The maximum Gasteiger partial charge on any atom is 0.326 e. The van der Waals surface area contributed by atoms with Crippen LogP contribution in [-0.2, 0) is 24.0 Å². The fourth-order valence-electron chi connectivity index (χ4n) is 1.97. The minimum absolute atomic E-state index is 0.237. The van der Waals surface area contributed by atoms with Gasteiger partial charge in [-0.15, -0.1) is 0 Å². The van der Waals surface area contributed by atoms with Crippen LogP contribution in [0.4, 0.5) is 0 Å². The lowest BCUT2D eigenvalue weighted by atomic mass is 9.98. The quantitative estimate of drug-likeness (QED) is 0.240. The van der Waals surface area contributed by atoms with E-state index in [1.165, 1.54) is 6.92 Å². The number of rotatable bonds is 11. The molecule has 0 aliphatic heterocycles. The van der Waals surface area contributed by atoms with Crippen molar-refractivity contribution in [2.75, 3.05) is 6.54 Å². The zero-order valence-electron chi connectivity index (χ0n) is 14.9. The van der Waals surface area contributed by atoms with Gasteiger partial charge >= 0.3 is 11.9 Å². The van der Waals surface area contributed by atoms with Gasteiger partial charge < -0.3 is 31.9 Å². The Balaban J connectivity index is 4.96. The van der Waals surface area contributed by atoms with Crippen molar-refractivity contribution in [3.05, 3.63) is 0 Å². The summed E-state index contributed by atoms with van der Waals surface area (Å²) in [5, 5.41) is 24.5. The predicted molar refractivity (Wildman–Crippen MR) is 89.9 cm³/mol. The third-order valence-electron chi connectivity index (χ3n) is 3.74. The van der Waals surface area contributed by atoms with Crippen molar-refractivity contribution >= 4 is 29.7 Å². The number of aliphatic carboxylic acids is 2. The molecule has 0 fully saturated rings. The molecule has 0 radical (unpaired) electrons. The summed E-state index contributed by atoms with van der Waals surface area (Å²) < 4.78 is 0. The Morgan fingerprint density at radius 3 is 1.96 bits per heavy atom. The van der Waals surface area contributed by atoms with Crippen LogP contribution in [0, 0.1) is 5.92 Å². The van der Waals surface area contributed by atoms with E-state index < -0.39 is 54.2 Å². The standard InChI is InChI=1S/C15H26N4O7/c1-4-7(2)12(19-10(20)6-16)14(24)17-8(3)13(23)18-9(15(25)26)5-11(21)22/h7-9,12H,4-6,16H2,1-3H3,(H,17,24)(H,18,23)(H,19,20)(H,21,22)(H,25,26). The van der Waals surface area contributed by atoms with Gasteiger partial charge in [0.05, 0.1) is 13.0 Å². The molecule has 11 heteroatoms. The number of nitrogens with two attached hydrogens (primary N) is 1. The molecule has 3 amide bonds. The van der Waals surface area contributed by atoms with E-state index in [-0.39, 0.29) is 12.5 Å². The fourth-order valence-corrected chi connectivity index (χ4v) is 1.97. The van der Waals surface area contributed by atoms with E-state index in [0.717, 1.165) is 0 Å². The molecule has 11 nitrogen and oxygen atoms in total. The molecule has 0 saturated carbocycles. The molecule has 4 unspecified atom stereocenters. The third-order valence-corrected chi connectivity index (χ3v) is 3.74. The molecule has 26 heavy (non-hydrogen) atoms. The molecule has 4 atom stereocenters. The van der Waals surface area contributed by atoms with E-state index in [9.17, 15) is 24.0 Å². The van der Waals surface area contributed by atoms with E-state index in [1.807, 2.05) is 12.2 Å². The number of carbonyl (C=O) groups excluding carboxylic acids is 3. The zero-order chi connectivity index (χ0) is 20.4. The Labute approximate surface area is 150 Å². The summed E-state index contributed by atoms with van der Waals surface area (Å²) in [6.45, 7) is 4.56.